The number of nitrogen functional groups attached to an aromatic ring is 1. The summed E-state index contributed by atoms with van der Waals surface area (Å²) in [5.74, 6) is 0. The molecule has 2 N–H and O–H groups in total. The standard InChI is InChI=1S/C14H22Br2N4/c1-12-2-3-14(17)10-13(12)11-19-6-4-18(5-7-19)8-9-20(15)16/h2-3,10H,4-9,11,17H2,1H3. The quantitative estimate of drug-likeness (QED) is 0.603. The monoisotopic (exact) mass is 404 g/mol. The average molecular weight is 406 g/mol. The molecule has 0 radical (unpaired) electrons. The molecule has 4 nitrogen and oxygen atoms in total. The van der Waals surface area contributed by atoms with Crippen molar-refractivity contribution >= 4 is 38.0 Å². The van der Waals surface area contributed by atoms with Crippen molar-refractivity contribution in [1.82, 2.24) is 12.8 Å². The minimum Gasteiger partial charge on any atom is -0.399 e. The van der Waals surface area contributed by atoms with Crippen LogP contribution in [0, 0.1) is 6.92 Å². The summed E-state index contributed by atoms with van der Waals surface area (Å²) < 4.78 is 1.88. The number of aryl methyl sites for hydroxylation is 1. The van der Waals surface area contributed by atoms with E-state index in [1.807, 2.05) is 9.02 Å². The molecule has 0 atom stereocenters. The van der Waals surface area contributed by atoms with Gasteiger partial charge in [0.25, 0.3) is 0 Å². The van der Waals surface area contributed by atoms with Gasteiger partial charge in [0.2, 0.25) is 0 Å². The van der Waals surface area contributed by atoms with E-state index in [-0.39, 0.29) is 0 Å². The molecule has 1 fully saturated rings. The van der Waals surface area contributed by atoms with Crippen LogP contribution in [0.4, 0.5) is 5.69 Å². The Bertz CT molecular complexity index is 431. The number of nitrogens with two attached hydrogens (primary N) is 1. The van der Waals surface area contributed by atoms with Crippen LogP contribution in [-0.4, -0.2) is 52.0 Å². The van der Waals surface area contributed by atoms with Gasteiger partial charge in [0.05, 0.1) is 0 Å². The summed E-state index contributed by atoms with van der Waals surface area (Å²) >= 11 is 6.75. The van der Waals surface area contributed by atoms with Crippen molar-refractivity contribution in [1.29, 1.82) is 0 Å². The van der Waals surface area contributed by atoms with E-state index in [2.05, 4.69) is 61.2 Å². The van der Waals surface area contributed by atoms with E-state index in [1.165, 1.54) is 11.1 Å². The van der Waals surface area contributed by atoms with Crippen molar-refractivity contribution in [2.45, 2.75) is 13.5 Å². The van der Waals surface area contributed by atoms with Crippen LogP contribution < -0.4 is 5.73 Å². The second-order valence-corrected chi connectivity index (χ2v) is 7.99. The van der Waals surface area contributed by atoms with Crippen LogP contribution in [0.1, 0.15) is 11.1 Å². The molecular weight excluding hydrogens is 384 g/mol. The molecule has 112 valence electrons. The van der Waals surface area contributed by atoms with Crippen LogP contribution in [0.15, 0.2) is 18.2 Å². The molecule has 1 aliphatic heterocycles. The number of rotatable bonds is 5. The van der Waals surface area contributed by atoms with E-state index < -0.39 is 0 Å². The van der Waals surface area contributed by atoms with Gasteiger partial charge in [-0.05, 0) is 30.2 Å². The topological polar surface area (TPSA) is 35.7 Å². The van der Waals surface area contributed by atoms with Crippen molar-refractivity contribution in [2.24, 2.45) is 0 Å². The first-order valence-corrected chi connectivity index (χ1v) is 8.35. The van der Waals surface area contributed by atoms with Crippen molar-refractivity contribution in [3.8, 4) is 0 Å². The maximum absolute atomic E-state index is 5.88. The van der Waals surface area contributed by atoms with Crippen molar-refractivity contribution in [3.05, 3.63) is 29.3 Å². The fourth-order valence-corrected chi connectivity index (χ4v) is 2.81. The molecule has 20 heavy (non-hydrogen) atoms. The molecule has 0 aromatic heterocycles. The van der Waals surface area contributed by atoms with Gasteiger partial charge in [0, 0.05) is 83.8 Å². The molecule has 2 rings (SSSR count). The zero-order chi connectivity index (χ0) is 14.5. The molecule has 0 bridgehead atoms. The Morgan fingerprint density at radius 2 is 1.80 bits per heavy atom. The second kappa shape index (κ2) is 7.75. The van der Waals surface area contributed by atoms with Crippen molar-refractivity contribution in [2.75, 3.05) is 45.0 Å². The summed E-state index contributed by atoms with van der Waals surface area (Å²) in [6.45, 7) is 9.75. The largest absolute Gasteiger partial charge is 0.399 e. The van der Waals surface area contributed by atoms with Gasteiger partial charge in [-0.2, -0.15) is 2.95 Å². The Morgan fingerprint density at radius 3 is 2.45 bits per heavy atom. The van der Waals surface area contributed by atoms with E-state index >= 15 is 0 Å². The fraction of sp³-hybridized carbons (Fsp3) is 0.571. The van der Waals surface area contributed by atoms with Gasteiger partial charge in [0.15, 0.2) is 0 Å². The summed E-state index contributed by atoms with van der Waals surface area (Å²) in [6, 6.07) is 6.19. The van der Waals surface area contributed by atoms with Crippen molar-refractivity contribution in [3.63, 3.8) is 0 Å². The lowest BCUT2D eigenvalue weighted by atomic mass is 10.1. The van der Waals surface area contributed by atoms with E-state index in [0.29, 0.717) is 0 Å². The minimum absolute atomic E-state index is 0.860. The zero-order valence-electron chi connectivity index (χ0n) is 11.9. The van der Waals surface area contributed by atoms with Gasteiger partial charge in [-0.25, -0.2) is 0 Å². The highest BCUT2D eigenvalue weighted by atomic mass is 79.9. The third-order valence-electron chi connectivity index (χ3n) is 3.82. The number of nitrogens with zero attached hydrogens (tertiary/aromatic N) is 3. The predicted molar refractivity (Wildman–Crippen MR) is 91.9 cm³/mol. The van der Waals surface area contributed by atoms with Crippen LogP contribution in [0.2, 0.25) is 0 Å². The molecule has 6 heteroatoms. The van der Waals surface area contributed by atoms with Crippen LogP contribution in [0.25, 0.3) is 0 Å². The highest BCUT2D eigenvalue weighted by Gasteiger charge is 2.17. The maximum Gasteiger partial charge on any atom is 0.0336 e. The Hall–Kier alpha value is -0.140. The Morgan fingerprint density at radius 1 is 1.15 bits per heavy atom. The average Bonchev–Trinajstić information content (AvgIpc) is 2.42. The van der Waals surface area contributed by atoms with Crippen LogP contribution in [0.3, 0.4) is 0 Å². The van der Waals surface area contributed by atoms with E-state index in [9.17, 15) is 0 Å². The highest BCUT2D eigenvalue weighted by Crippen LogP contribution is 2.16. The van der Waals surface area contributed by atoms with Crippen LogP contribution >= 0.6 is 32.3 Å². The maximum atomic E-state index is 5.88. The first kappa shape index (κ1) is 16.2. The van der Waals surface area contributed by atoms with Gasteiger partial charge in [-0.1, -0.05) is 6.07 Å². The third-order valence-corrected chi connectivity index (χ3v) is 4.53. The smallest absolute Gasteiger partial charge is 0.0336 e. The molecule has 0 spiro atoms. The van der Waals surface area contributed by atoms with Gasteiger partial charge < -0.3 is 5.73 Å². The Labute approximate surface area is 138 Å². The molecule has 1 aromatic rings. The van der Waals surface area contributed by atoms with E-state index in [0.717, 1.165) is 51.5 Å². The summed E-state index contributed by atoms with van der Waals surface area (Å²) in [6.07, 6.45) is 0. The third kappa shape index (κ3) is 5.00. The summed E-state index contributed by atoms with van der Waals surface area (Å²) in [4.78, 5) is 5.01. The lowest BCUT2D eigenvalue weighted by molar-refractivity contribution is 0.127. The lowest BCUT2D eigenvalue weighted by Crippen LogP contribution is -2.47. The SMILES string of the molecule is Cc1ccc(N)cc1CN1CCN(CCN(Br)Br)CC1. The van der Waals surface area contributed by atoms with Gasteiger partial charge in [-0.3, -0.25) is 9.80 Å². The summed E-state index contributed by atoms with van der Waals surface area (Å²) in [5.41, 5.74) is 9.42. The number of benzene rings is 1. The lowest BCUT2D eigenvalue weighted by Gasteiger charge is -2.35. The van der Waals surface area contributed by atoms with Crippen LogP contribution in [0.5, 0.6) is 0 Å². The fourth-order valence-electron chi connectivity index (χ4n) is 2.49. The van der Waals surface area contributed by atoms with Crippen LogP contribution in [-0.2, 0) is 6.54 Å². The van der Waals surface area contributed by atoms with E-state index in [4.69, 9.17) is 5.73 Å². The normalized spacial score (nSPS) is 17.8. The molecule has 1 aliphatic rings. The van der Waals surface area contributed by atoms with Gasteiger partial charge in [0.1, 0.15) is 0 Å². The predicted octanol–water partition coefficient (Wildman–Crippen LogP) is 2.62. The molecule has 1 saturated heterocycles. The second-order valence-electron chi connectivity index (χ2n) is 5.33. The molecular formula is C14H22Br2N4. The summed E-state index contributed by atoms with van der Waals surface area (Å²) in [7, 11) is 0. The molecule has 0 saturated carbocycles. The van der Waals surface area contributed by atoms with Gasteiger partial charge >= 0.3 is 0 Å². The van der Waals surface area contributed by atoms with Gasteiger partial charge in [-0.15, -0.1) is 0 Å². The first-order valence-electron chi connectivity index (χ1n) is 6.93. The number of halogens is 2. The Balaban J connectivity index is 1.81. The zero-order valence-corrected chi connectivity index (χ0v) is 15.0. The number of piperazine rings is 1. The van der Waals surface area contributed by atoms with E-state index in [1.54, 1.807) is 0 Å². The number of anilines is 1. The molecule has 0 unspecified atom stereocenters. The first-order chi connectivity index (χ1) is 9.54. The molecule has 0 aliphatic carbocycles. The number of hydrogen-bond donors (Lipinski definition) is 1. The Kier molecular flexibility index (Phi) is 6.29. The molecule has 1 heterocycles. The summed E-state index contributed by atoms with van der Waals surface area (Å²) in [5, 5.41) is 0. The minimum atomic E-state index is 0.860. The highest BCUT2D eigenvalue weighted by molar-refractivity contribution is 9.21. The molecule has 0 amide bonds. The molecule has 1 aromatic carbocycles. The number of hydrogen-bond acceptors (Lipinski definition) is 4. The van der Waals surface area contributed by atoms with Crippen molar-refractivity contribution < 1.29 is 0 Å².